The largest absolute Gasteiger partial charge is 0.423 e. The molecule has 8 heteroatoms. The van der Waals surface area contributed by atoms with Gasteiger partial charge in [0.25, 0.3) is 11.7 Å². The smallest absolute Gasteiger partial charge is 0.298 e. The predicted molar refractivity (Wildman–Crippen MR) is 80.0 cm³/mol. The van der Waals surface area contributed by atoms with Crippen molar-refractivity contribution in [1.29, 1.82) is 0 Å². The summed E-state index contributed by atoms with van der Waals surface area (Å²) in [6.07, 6.45) is 0. The molecule has 0 saturated carbocycles. The molecule has 0 radical (unpaired) electrons. The maximum absolute atomic E-state index is 10.9. The Bertz CT molecular complexity index is 783. The lowest BCUT2D eigenvalue weighted by Gasteiger charge is -1.97. The third kappa shape index (κ3) is 2.52. The number of nitrogens with zero attached hydrogens (tertiary/aromatic N) is 2. The highest BCUT2D eigenvalue weighted by atomic mass is 79.9. The van der Waals surface area contributed by atoms with E-state index in [9.17, 15) is 10.1 Å². The number of rotatable bonds is 4. The first-order valence-corrected chi connectivity index (χ1v) is 7.26. The van der Waals surface area contributed by atoms with Crippen molar-refractivity contribution in [3.8, 4) is 0 Å². The highest BCUT2D eigenvalue weighted by molar-refractivity contribution is 9.11. The molecule has 0 unspecified atom stereocenters. The van der Waals surface area contributed by atoms with Crippen LogP contribution in [0.2, 0.25) is 0 Å². The second-order valence-corrected chi connectivity index (χ2v) is 6.51. The Balaban J connectivity index is 1.86. The molecular weight excluding hydrogens is 346 g/mol. The lowest BCUT2D eigenvalue weighted by atomic mass is 10.3. The van der Waals surface area contributed by atoms with E-state index in [1.165, 1.54) is 6.07 Å². The van der Waals surface area contributed by atoms with Crippen LogP contribution in [-0.2, 0) is 6.54 Å². The van der Waals surface area contributed by atoms with E-state index in [1.807, 2.05) is 12.1 Å². The van der Waals surface area contributed by atoms with Crippen LogP contribution in [0.25, 0.3) is 11.1 Å². The maximum Gasteiger partial charge on any atom is 0.298 e. The molecule has 0 fully saturated rings. The topological polar surface area (TPSA) is 81.2 Å². The van der Waals surface area contributed by atoms with E-state index in [-0.39, 0.29) is 17.2 Å². The minimum atomic E-state index is -0.467. The average molecular weight is 354 g/mol. The molecule has 20 heavy (non-hydrogen) atoms. The summed E-state index contributed by atoms with van der Waals surface area (Å²) in [4.78, 5) is 15.7. The molecule has 0 amide bonds. The van der Waals surface area contributed by atoms with Crippen molar-refractivity contribution < 1.29 is 9.34 Å². The third-order valence-electron chi connectivity index (χ3n) is 2.64. The number of para-hydroxylation sites is 1. The van der Waals surface area contributed by atoms with Crippen molar-refractivity contribution in [1.82, 2.24) is 4.98 Å². The van der Waals surface area contributed by atoms with Crippen molar-refractivity contribution >= 4 is 50.1 Å². The number of fused-ring (bicyclic) bond motifs is 1. The summed E-state index contributed by atoms with van der Waals surface area (Å²) in [5.74, 6) is 0. The summed E-state index contributed by atoms with van der Waals surface area (Å²) in [5.41, 5.74) is 0.597. The van der Waals surface area contributed by atoms with Crippen LogP contribution in [0.1, 0.15) is 4.88 Å². The number of hydrogen-bond donors (Lipinski definition) is 1. The van der Waals surface area contributed by atoms with Crippen LogP contribution in [0.15, 0.2) is 38.5 Å². The number of hydrogen-bond acceptors (Lipinski definition) is 6. The van der Waals surface area contributed by atoms with Gasteiger partial charge in [-0.3, -0.25) is 10.1 Å². The Kier molecular flexibility index (Phi) is 3.41. The van der Waals surface area contributed by atoms with E-state index in [0.717, 1.165) is 8.66 Å². The number of oxazole rings is 1. The monoisotopic (exact) mass is 353 g/mol. The molecule has 1 aromatic carbocycles. The van der Waals surface area contributed by atoms with Gasteiger partial charge >= 0.3 is 0 Å². The van der Waals surface area contributed by atoms with Crippen molar-refractivity contribution in [3.05, 3.63) is 49.1 Å². The average Bonchev–Trinajstić information content (AvgIpc) is 3.01. The van der Waals surface area contributed by atoms with Crippen LogP contribution in [0, 0.1) is 10.1 Å². The lowest BCUT2D eigenvalue weighted by molar-refractivity contribution is -0.383. The quantitative estimate of drug-likeness (QED) is 0.562. The van der Waals surface area contributed by atoms with E-state index in [1.54, 1.807) is 23.5 Å². The Morgan fingerprint density at radius 1 is 1.40 bits per heavy atom. The number of benzene rings is 1. The molecule has 0 aliphatic heterocycles. The number of thiophene rings is 1. The SMILES string of the molecule is O=[N+]([O-])c1cccc2oc(NCc3ccc(Br)s3)nc12. The molecule has 0 atom stereocenters. The Labute approximate surface area is 125 Å². The number of halogens is 1. The molecule has 0 bridgehead atoms. The zero-order valence-electron chi connectivity index (χ0n) is 10.00. The molecule has 0 aliphatic carbocycles. The lowest BCUT2D eigenvalue weighted by Crippen LogP contribution is -1.97. The van der Waals surface area contributed by atoms with Crippen molar-refractivity contribution in [2.75, 3.05) is 5.32 Å². The maximum atomic E-state index is 10.9. The van der Waals surface area contributed by atoms with Crippen molar-refractivity contribution in [2.45, 2.75) is 6.54 Å². The first kappa shape index (κ1) is 13.1. The van der Waals surface area contributed by atoms with Crippen LogP contribution in [-0.4, -0.2) is 9.91 Å². The molecule has 2 aromatic heterocycles. The molecule has 1 N–H and O–H groups in total. The summed E-state index contributed by atoms with van der Waals surface area (Å²) in [6, 6.07) is 8.85. The molecule has 6 nitrogen and oxygen atoms in total. The second kappa shape index (κ2) is 5.22. The number of nitro benzene ring substituents is 1. The van der Waals surface area contributed by atoms with Gasteiger partial charge in [0, 0.05) is 10.9 Å². The number of non-ortho nitro benzene ring substituents is 1. The Hall–Kier alpha value is -1.93. The predicted octanol–water partition coefficient (Wildman–Crippen LogP) is 4.17. The number of nitro groups is 1. The van der Waals surface area contributed by atoms with Gasteiger partial charge in [-0.1, -0.05) is 6.07 Å². The Morgan fingerprint density at radius 3 is 2.95 bits per heavy atom. The zero-order valence-corrected chi connectivity index (χ0v) is 12.4. The second-order valence-electron chi connectivity index (χ2n) is 3.96. The molecule has 3 aromatic rings. The van der Waals surface area contributed by atoms with E-state index in [4.69, 9.17) is 4.42 Å². The van der Waals surface area contributed by atoms with Gasteiger partial charge in [0.1, 0.15) is 0 Å². The molecule has 2 heterocycles. The van der Waals surface area contributed by atoms with Crippen LogP contribution in [0.4, 0.5) is 11.7 Å². The Morgan fingerprint density at radius 2 is 2.25 bits per heavy atom. The van der Waals surface area contributed by atoms with Crippen LogP contribution < -0.4 is 5.32 Å². The van der Waals surface area contributed by atoms with E-state index < -0.39 is 4.92 Å². The van der Waals surface area contributed by atoms with Crippen molar-refractivity contribution in [3.63, 3.8) is 0 Å². The summed E-state index contributed by atoms with van der Waals surface area (Å²) in [6.45, 7) is 0.552. The normalized spacial score (nSPS) is 10.8. The fraction of sp³-hybridized carbons (Fsp3) is 0.0833. The van der Waals surface area contributed by atoms with Gasteiger partial charge in [0.05, 0.1) is 15.3 Å². The molecule has 102 valence electrons. The summed E-state index contributed by atoms with van der Waals surface area (Å²) < 4.78 is 6.50. The molecule has 0 spiro atoms. The van der Waals surface area contributed by atoms with Gasteiger partial charge in [0.2, 0.25) is 0 Å². The number of aromatic nitrogens is 1. The van der Waals surface area contributed by atoms with E-state index in [2.05, 4.69) is 26.2 Å². The minimum Gasteiger partial charge on any atom is -0.423 e. The van der Waals surface area contributed by atoms with E-state index in [0.29, 0.717) is 12.1 Å². The standard InChI is InChI=1S/C12H8BrN3O3S/c13-10-5-4-7(20-10)6-14-12-15-11-8(16(17)18)2-1-3-9(11)19-12/h1-5H,6H2,(H,14,15). The highest BCUT2D eigenvalue weighted by Crippen LogP contribution is 2.28. The first-order valence-electron chi connectivity index (χ1n) is 5.65. The summed E-state index contributed by atoms with van der Waals surface area (Å²) >= 11 is 4.99. The van der Waals surface area contributed by atoms with Crippen LogP contribution >= 0.6 is 27.3 Å². The van der Waals surface area contributed by atoms with Gasteiger partial charge < -0.3 is 9.73 Å². The van der Waals surface area contributed by atoms with E-state index >= 15 is 0 Å². The zero-order chi connectivity index (χ0) is 14.1. The number of nitrogens with one attached hydrogen (secondary N) is 1. The number of anilines is 1. The van der Waals surface area contributed by atoms with Crippen LogP contribution in [0.5, 0.6) is 0 Å². The summed E-state index contributed by atoms with van der Waals surface area (Å²) in [7, 11) is 0. The molecule has 0 aliphatic rings. The third-order valence-corrected chi connectivity index (χ3v) is 4.26. The van der Waals surface area contributed by atoms with Gasteiger partial charge in [-0.2, -0.15) is 4.98 Å². The fourth-order valence-electron chi connectivity index (χ4n) is 1.77. The highest BCUT2D eigenvalue weighted by Gasteiger charge is 2.17. The molecule has 3 rings (SSSR count). The summed E-state index contributed by atoms with van der Waals surface area (Å²) in [5, 5.41) is 13.9. The van der Waals surface area contributed by atoms with Gasteiger partial charge in [-0.05, 0) is 34.1 Å². The van der Waals surface area contributed by atoms with Crippen LogP contribution in [0.3, 0.4) is 0 Å². The molecule has 0 saturated heterocycles. The fourth-order valence-corrected chi connectivity index (χ4v) is 3.19. The minimum absolute atomic E-state index is 0.0573. The van der Waals surface area contributed by atoms with Crippen molar-refractivity contribution in [2.24, 2.45) is 0 Å². The van der Waals surface area contributed by atoms with Gasteiger partial charge in [-0.15, -0.1) is 11.3 Å². The molecular formula is C12H8BrN3O3S. The van der Waals surface area contributed by atoms with Gasteiger partial charge in [0.15, 0.2) is 11.1 Å². The first-order chi connectivity index (χ1) is 9.63. The van der Waals surface area contributed by atoms with Gasteiger partial charge in [-0.25, -0.2) is 0 Å².